The number of rotatable bonds is 10. The van der Waals surface area contributed by atoms with Gasteiger partial charge in [0.15, 0.2) is 17.5 Å². The van der Waals surface area contributed by atoms with E-state index in [2.05, 4.69) is 27.9 Å². The van der Waals surface area contributed by atoms with Crippen molar-refractivity contribution < 1.29 is 14.3 Å². The molecule has 0 aliphatic rings. The summed E-state index contributed by atoms with van der Waals surface area (Å²) in [5.41, 5.74) is 2.55. The molecule has 0 saturated heterocycles. The Morgan fingerprint density at radius 2 is 1.77 bits per heavy atom. The van der Waals surface area contributed by atoms with E-state index in [1.54, 1.807) is 14.2 Å². The van der Waals surface area contributed by atoms with E-state index in [4.69, 9.17) is 9.47 Å². The molecule has 0 bridgehead atoms. The van der Waals surface area contributed by atoms with E-state index < -0.39 is 0 Å². The maximum atomic E-state index is 12.1. The van der Waals surface area contributed by atoms with Crippen molar-refractivity contribution in [2.24, 2.45) is 4.99 Å². The highest BCUT2D eigenvalue weighted by atomic mass is 127. The number of carbonyl (C=O) groups excluding carboxylic acids is 1. The molecule has 0 fully saturated rings. The number of hydrogen-bond donors (Lipinski definition) is 3. The number of benzene rings is 2. The van der Waals surface area contributed by atoms with E-state index in [9.17, 15) is 4.79 Å². The number of carbonyl (C=O) groups is 1. The molecule has 8 heteroatoms. The second kappa shape index (κ2) is 14.5. The fourth-order valence-corrected chi connectivity index (χ4v) is 2.78. The lowest BCUT2D eigenvalue weighted by Crippen LogP contribution is -2.30. The van der Waals surface area contributed by atoms with Gasteiger partial charge in [0.1, 0.15) is 0 Å². The molecule has 170 valence electrons. The summed E-state index contributed by atoms with van der Waals surface area (Å²) < 4.78 is 10.9. The molecule has 0 radical (unpaired) electrons. The quantitative estimate of drug-likeness (QED) is 0.180. The molecular formula is C23H33IN4O3. The van der Waals surface area contributed by atoms with Crippen molar-refractivity contribution >= 4 is 41.5 Å². The van der Waals surface area contributed by atoms with Gasteiger partial charge in [0.2, 0.25) is 0 Å². The SMILES string of the molecule is CCCCNC(=O)c1ccc(CNC(=NC)Nc2ccc(OCC)c(OC)c2)cc1.I. The van der Waals surface area contributed by atoms with Crippen LogP contribution in [0, 0.1) is 0 Å². The summed E-state index contributed by atoms with van der Waals surface area (Å²) in [6, 6.07) is 13.2. The Balaban J connectivity index is 0.00000480. The van der Waals surface area contributed by atoms with Gasteiger partial charge in [-0.1, -0.05) is 25.5 Å². The Morgan fingerprint density at radius 1 is 1.03 bits per heavy atom. The van der Waals surface area contributed by atoms with Crippen molar-refractivity contribution in [3.8, 4) is 11.5 Å². The second-order valence-electron chi connectivity index (χ2n) is 6.66. The van der Waals surface area contributed by atoms with Crippen LogP contribution in [-0.2, 0) is 6.54 Å². The molecule has 0 aliphatic carbocycles. The number of halogens is 1. The molecule has 0 unspecified atom stereocenters. The number of anilines is 1. The maximum absolute atomic E-state index is 12.1. The van der Waals surface area contributed by atoms with Crippen LogP contribution in [0.4, 0.5) is 5.69 Å². The lowest BCUT2D eigenvalue weighted by atomic mass is 10.1. The van der Waals surface area contributed by atoms with E-state index in [0.29, 0.717) is 42.7 Å². The normalized spacial score (nSPS) is 10.6. The lowest BCUT2D eigenvalue weighted by Gasteiger charge is -2.15. The number of amides is 1. The second-order valence-corrected chi connectivity index (χ2v) is 6.66. The molecule has 2 aromatic rings. The third-order valence-corrected chi connectivity index (χ3v) is 4.44. The summed E-state index contributed by atoms with van der Waals surface area (Å²) in [7, 11) is 3.33. The Labute approximate surface area is 202 Å². The van der Waals surface area contributed by atoms with Crippen molar-refractivity contribution in [3.63, 3.8) is 0 Å². The van der Waals surface area contributed by atoms with Crippen molar-refractivity contribution in [2.75, 3.05) is 32.6 Å². The zero-order valence-corrected chi connectivity index (χ0v) is 21.0. The lowest BCUT2D eigenvalue weighted by molar-refractivity contribution is 0.0953. The van der Waals surface area contributed by atoms with Crippen LogP contribution in [0.25, 0.3) is 0 Å². The average Bonchev–Trinajstić information content (AvgIpc) is 2.78. The maximum Gasteiger partial charge on any atom is 0.251 e. The summed E-state index contributed by atoms with van der Waals surface area (Å²) >= 11 is 0. The van der Waals surface area contributed by atoms with Crippen LogP contribution in [0.2, 0.25) is 0 Å². The van der Waals surface area contributed by atoms with Crippen LogP contribution in [0.5, 0.6) is 11.5 Å². The van der Waals surface area contributed by atoms with Crippen molar-refractivity contribution in [3.05, 3.63) is 53.6 Å². The van der Waals surface area contributed by atoms with Gasteiger partial charge in [0, 0.05) is 37.5 Å². The number of methoxy groups -OCH3 is 1. The summed E-state index contributed by atoms with van der Waals surface area (Å²) in [4.78, 5) is 16.3. The van der Waals surface area contributed by atoms with E-state index in [1.165, 1.54) is 0 Å². The summed E-state index contributed by atoms with van der Waals surface area (Å²) in [5, 5.41) is 9.43. The molecule has 2 aromatic carbocycles. The Morgan fingerprint density at radius 3 is 2.39 bits per heavy atom. The van der Waals surface area contributed by atoms with Gasteiger partial charge >= 0.3 is 0 Å². The molecular weight excluding hydrogens is 507 g/mol. The molecule has 1 amide bonds. The summed E-state index contributed by atoms with van der Waals surface area (Å²) in [6.07, 6.45) is 2.05. The van der Waals surface area contributed by atoms with Crippen LogP contribution in [-0.4, -0.2) is 39.2 Å². The van der Waals surface area contributed by atoms with Crippen molar-refractivity contribution in [1.29, 1.82) is 0 Å². The van der Waals surface area contributed by atoms with Crippen LogP contribution in [0.1, 0.15) is 42.6 Å². The molecule has 31 heavy (non-hydrogen) atoms. The number of hydrogen-bond acceptors (Lipinski definition) is 4. The van der Waals surface area contributed by atoms with E-state index in [-0.39, 0.29) is 29.9 Å². The molecule has 3 N–H and O–H groups in total. The minimum atomic E-state index is -0.0371. The van der Waals surface area contributed by atoms with E-state index in [0.717, 1.165) is 24.1 Å². The van der Waals surface area contributed by atoms with Gasteiger partial charge in [-0.25, -0.2) is 0 Å². The van der Waals surface area contributed by atoms with Crippen LogP contribution in [0.3, 0.4) is 0 Å². The molecule has 2 rings (SSSR count). The molecule has 0 aromatic heterocycles. The third kappa shape index (κ3) is 8.64. The minimum absolute atomic E-state index is 0. The highest BCUT2D eigenvalue weighted by Crippen LogP contribution is 2.30. The van der Waals surface area contributed by atoms with E-state index >= 15 is 0 Å². The highest BCUT2D eigenvalue weighted by molar-refractivity contribution is 14.0. The fourth-order valence-electron chi connectivity index (χ4n) is 2.78. The van der Waals surface area contributed by atoms with Gasteiger partial charge in [-0.05, 0) is 43.2 Å². The third-order valence-electron chi connectivity index (χ3n) is 4.44. The summed E-state index contributed by atoms with van der Waals surface area (Å²) in [5.74, 6) is 1.95. The molecule has 0 spiro atoms. The fraction of sp³-hybridized carbons (Fsp3) is 0.391. The number of ether oxygens (including phenoxy) is 2. The smallest absolute Gasteiger partial charge is 0.251 e. The first-order valence-corrected chi connectivity index (χ1v) is 10.3. The Kier molecular flexibility index (Phi) is 12.4. The van der Waals surface area contributed by atoms with Crippen LogP contribution >= 0.6 is 24.0 Å². The molecule has 0 heterocycles. The Hall–Kier alpha value is -2.49. The van der Waals surface area contributed by atoms with Crippen LogP contribution < -0.4 is 25.4 Å². The topological polar surface area (TPSA) is 84.0 Å². The zero-order chi connectivity index (χ0) is 21.8. The average molecular weight is 540 g/mol. The first-order chi connectivity index (χ1) is 14.6. The molecule has 7 nitrogen and oxygen atoms in total. The monoisotopic (exact) mass is 540 g/mol. The molecule has 0 aliphatic heterocycles. The predicted octanol–water partition coefficient (Wildman–Crippen LogP) is 4.43. The van der Waals surface area contributed by atoms with Crippen molar-refractivity contribution in [2.45, 2.75) is 33.2 Å². The zero-order valence-electron chi connectivity index (χ0n) is 18.7. The number of aliphatic imine (C=N–C) groups is 1. The number of unbranched alkanes of at least 4 members (excludes halogenated alkanes) is 1. The largest absolute Gasteiger partial charge is 0.493 e. The highest BCUT2D eigenvalue weighted by Gasteiger charge is 2.08. The number of guanidine groups is 1. The summed E-state index contributed by atoms with van der Waals surface area (Å²) in [6.45, 7) is 5.89. The van der Waals surface area contributed by atoms with Gasteiger partial charge in [-0.2, -0.15) is 0 Å². The first kappa shape index (κ1) is 26.5. The minimum Gasteiger partial charge on any atom is -0.493 e. The number of nitrogens with zero attached hydrogens (tertiary/aromatic N) is 1. The first-order valence-electron chi connectivity index (χ1n) is 10.3. The van der Waals surface area contributed by atoms with Gasteiger partial charge in [-0.3, -0.25) is 9.79 Å². The standard InChI is InChI=1S/C23H32N4O3.HI/c1-5-7-14-25-22(28)18-10-8-17(9-11-18)16-26-23(24-3)27-19-12-13-20(30-6-2)21(15-19)29-4;/h8-13,15H,5-7,14,16H2,1-4H3,(H,25,28)(H2,24,26,27);1H. The number of nitrogens with one attached hydrogen (secondary N) is 3. The van der Waals surface area contributed by atoms with Crippen LogP contribution in [0.15, 0.2) is 47.5 Å². The van der Waals surface area contributed by atoms with Crippen molar-refractivity contribution in [1.82, 2.24) is 10.6 Å². The molecule has 0 atom stereocenters. The van der Waals surface area contributed by atoms with E-state index in [1.807, 2.05) is 49.4 Å². The van der Waals surface area contributed by atoms with Gasteiger partial charge in [0.25, 0.3) is 5.91 Å². The van der Waals surface area contributed by atoms with Gasteiger partial charge in [0.05, 0.1) is 13.7 Å². The predicted molar refractivity (Wildman–Crippen MR) is 137 cm³/mol. The Bertz CT molecular complexity index is 841. The van der Waals surface area contributed by atoms with Gasteiger partial charge in [-0.15, -0.1) is 24.0 Å². The molecule has 0 saturated carbocycles. The van der Waals surface area contributed by atoms with Gasteiger partial charge < -0.3 is 25.4 Å².